The smallest absolute Gasteiger partial charge is 0.313 e. The Hall–Kier alpha value is -2.30. The number of carbonyl (C=O) groups excluding carboxylic acids is 2. The van der Waals surface area contributed by atoms with Crippen molar-refractivity contribution in [3.63, 3.8) is 0 Å². The van der Waals surface area contributed by atoms with Gasteiger partial charge in [-0.25, -0.2) is 0 Å². The van der Waals surface area contributed by atoms with Crippen molar-refractivity contribution in [3.8, 4) is 5.75 Å². The van der Waals surface area contributed by atoms with Crippen molar-refractivity contribution >= 4 is 22.7 Å². The second-order valence-corrected chi connectivity index (χ2v) is 3.99. The summed E-state index contributed by atoms with van der Waals surface area (Å²) in [5, 5.41) is 0.750. The van der Waals surface area contributed by atoms with Crippen molar-refractivity contribution in [2.45, 2.75) is 13.3 Å². The van der Waals surface area contributed by atoms with Gasteiger partial charge in [0.1, 0.15) is 12.2 Å². The van der Waals surface area contributed by atoms with E-state index in [2.05, 4.69) is 9.72 Å². The Kier molecular flexibility index (Phi) is 3.85. The van der Waals surface area contributed by atoms with E-state index in [9.17, 15) is 9.59 Å². The van der Waals surface area contributed by atoms with Gasteiger partial charge in [0, 0.05) is 17.1 Å². The third-order valence-corrected chi connectivity index (χ3v) is 2.81. The molecule has 19 heavy (non-hydrogen) atoms. The number of rotatable bonds is 5. The molecule has 0 aliphatic rings. The van der Waals surface area contributed by atoms with Crippen molar-refractivity contribution in [3.05, 3.63) is 30.0 Å². The second kappa shape index (κ2) is 5.56. The zero-order chi connectivity index (χ0) is 13.8. The van der Waals surface area contributed by atoms with Gasteiger partial charge < -0.3 is 14.5 Å². The number of Topliss-reactive ketones (excluding diaryl/α,β-unsaturated/α-hetero) is 1. The number of benzene rings is 1. The van der Waals surface area contributed by atoms with Crippen LogP contribution in [0.1, 0.15) is 23.7 Å². The van der Waals surface area contributed by atoms with E-state index in [1.807, 2.05) is 25.1 Å². The van der Waals surface area contributed by atoms with Gasteiger partial charge >= 0.3 is 5.97 Å². The molecule has 0 spiro atoms. The zero-order valence-corrected chi connectivity index (χ0v) is 10.9. The van der Waals surface area contributed by atoms with Crippen molar-refractivity contribution in [1.82, 2.24) is 4.98 Å². The maximum absolute atomic E-state index is 12.0. The predicted octanol–water partition coefficient (Wildman–Crippen LogP) is 2.31. The molecule has 100 valence electrons. The summed E-state index contributed by atoms with van der Waals surface area (Å²) in [4.78, 5) is 26.2. The van der Waals surface area contributed by atoms with Crippen LogP contribution >= 0.6 is 0 Å². The SMILES string of the molecule is CCOc1cccc2c(C(=O)CC(=O)OC)c[nH]c12. The van der Waals surface area contributed by atoms with E-state index in [-0.39, 0.29) is 12.2 Å². The number of fused-ring (bicyclic) bond motifs is 1. The number of H-pyrrole nitrogens is 1. The Morgan fingerprint density at radius 2 is 2.11 bits per heavy atom. The summed E-state index contributed by atoms with van der Waals surface area (Å²) in [7, 11) is 1.26. The maximum Gasteiger partial charge on any atom is 0.313 e. The van der Waals surface area contributed by atoms with Crippen LogP contribution in [0.2, 0.25) is 0 Å². The number of esters is 1. The van der Waals surface area contributed by atoms with Crippen molar-refractivity contribution < 1.29 is 19.1 Å². The Balaban J connectivity index is 2.37. The fraction of sp³-hybridized carbons (Fsp3) is 0.286. The number of para-hydroxylation sites is 1. The van der Waals surface area contributed by atoms with E-state index < -0.39 is 5.97 Å². The van der Waals surface area contributed by atoms with Gasteiger partial charge in [-0.05, 0) is 13.0 Å². The molecule has 0 saturated carbocycles. The van der Waals surface area contributed by atoms with Crippen LogP contribution in [0.3, 0.4) is 0 Å². The van der Waals surface area contributed by atoms with Crippen LogP contribution in [0, 0.1) is 0 Å². The number of hydrogen-bond acceptors (Lipinski definition) is 4. The van der Waals surface area contributed by atoms with Gasteiger partial charge in [-0.15, -0.1) is 0 Å². The Morgan fingerprint density at radius 1 is 1.32 bits per heavy atom. The second-order valence-electron chi connectivity index (χ2n) is 3.99. The van der Waals surface area contributed by atoms with Crippen molar-refractivity contribution in [2.75, 3.05) is 13.7 Å². The van der Waals surface area contributed by atoms with Gasteiger partial charge in [0.25, 0.3) is 0 Å². The lowest BCUT2D eigenvalue weighted by molar-refractivity contribution is -0.139. The van der Waals surface area contributed by atoms with Gasteiger partial charge in [-0.1, -0.05) is 12.1 Å². The molecule has 2 aromatic rings. The zero-order valence-electron chi connectivity index (χ0n) is 10.9. The molecule has 5 heteroatoms. The minimum absolute atomic E-state index is 0.262. The maximum atomic E-state index is 12.0. The average Bonchev–Trinajstić information content (AvgIpc) is 2.84. The molecule has 0 aliphatic heterocycles. The Labute approximate surface area is 110 Å². The number of carbonyl (C=O) groups is 2. The molecule has 0 atom stereocenters. The number of methoxy groups -OCH3 is 1. The topological polar surface area (TPSA) is 68.4 Å². The third kappa shape index (κ3) is 2.59. The number of aromatic nitrogens is 1. The van der Waals surface area contributed by atoms with Crippen LogP contribution in [-0.4, -0.2) is 30.5 Å². The molecule has 0 unspecified atom stereocenters. The summed E-state index contributed by atoms with van der Waals surface area (Å²) >= 11 is 0. The monoisotopic (exact) mass is 261 g/mol. The van der Waals surface area contributed by atoms with E-state index in [4.69, 9.17) is 4.74 Å². The molecule has 0 aliphatic carbocycles. The Morgan fingerprint density at radius 3 is 2.79 bits per heavy atom. The van der Waals surface area contributed by atoms with Crippen LogP contribution in [0.4, 0.5) is 0 Å². The van der Waals surface area contributed by atoms with E-state index in [1.54, 1.807) is 6.20 Å². The van der Waals surface area contributed by atoms with Gasteiger partial charge in [0.15, 0.2) is 5.78 Å². The predicted molar refractivity (Wildman–Crippen MR) is 70.4 cm³/mol. The standard InChI is InChI=1S/C14H15NO4/c1-3-19-12-6-4-5-9-10(8-15-14(9)12)11(16)7-13(17)18-2/h4-6,8,15H,3,7H2,1-2H3. The average molecular weight is 261 g/mol. The highest BCUT2D eigenvalue weighted by Crippen LogP contribution is 2.27. The van der Waals surface area contributed by atoms with Crippen LogP contribution in [0.15, 0.2) is 24.4 Å². The summed E-state index contributed by atoms with van der Waals surface area (Å²) < 4.78 is 9.98. The highest BCUT2D eigenvalue weighted by atomic mass is 16.5. The van der Waals surface area contributed by atoms with Gasteiger partial charge in [-0.2, -0.15) is 0 Å². The van der Waals surface area contributed by atoms with E-state index in [0.717, 1.165) is 10.9 Å². The number of ketones is 1. The summed E-state index contributed by atoms with van der Waals surface area (Å²) in [5.41, 5.74) is 1.24. The molecule has 5 nitrogen and oxygen atoms in total. The van der Waals surface area contributed by atoms with Gasteiger partial charge in [0.05, 0.1) is 19.2 Å². The quantitative estimate of drug-likeness (QED) is 0.509. The molecule has 0 radical (unpaired) electrons. The van der Waals surface area contributed by atoms with Gasteiger partial charge in [-0.3, -0.25) is 9.59 Å². The summed E-state index contributed by atoms with van der Waals surface area (Å²) in [6, 6.07) is 5.46. The lowest BCUT2D eigenvalue weighted by Crippen LogP contribution is -2.09. The minimum Gasteiger partial charge on any atom is -0.492 e. The first-order valence-corrected chi connectivity index (χ1v) is 6.00. The number of ether oxygens (including phenoxy) is 2. The molecular weight excluding hydrogens is 246 g/mol. The van der Waals surface area contributed by atoms with E-state index in [0.29, 0.717) is 17.9 Å². The van der Waals surface area contributed by atoms with Crippen LogP contribution in [0.5, 0.6) is 5.75 Å². The molecule has 0 fully saturated rings. The molecule has 1 aromatic carbocycles. The largest absolute Gasteiger partial charge is 0.492 e. The first-order chi connectivity index (χ1) is 9.17. The normalized spacial score (nSPS) is 10.4. The summed E-state index contributed by atoms with van der Waals surface area (Å²) in [5.74, 6) is -0.121. The minimum atomic E-state index is -0.541. The number of aromatic amines is 1. The number of nitrogens with one attached hydrogen (secondary N) is 1. The molecule has 1 heterocycles. The molecule has 0 bridgehead atoms. The van der Waals surface area contributed by atoms with Crippen LogP contribution in [0.25, 0.3) is 10.9 Å². The molecule has 1 aromatic heterocycles. The van der Waals surface area contributed by atoms with E-state index >= 15 is 0 Å². The third-order valence-electron chi connectivity index (χ3n) is 2.81. The van der Waals surface area contributed by atoms with Crippen molar-refractivity contribution in [1.29, 1.82) is 0 Å². The highest BCUT2D eigenvalue weighted by molar-refractivity contribution is 6.13. The first-order valence-electron chi connectivity index (χ1n) is 6.00. The first kappa shape index (κ1) is 13.1. The molecule has 1 N–H and O–H groups in total. The lowest BCUT2D eigenvalue weighted by atomic mass is 10.1. The van der Waals surface area contributed by atoms with Crippen LogP contribution < -0.4 is 4.74 Å². The molecule has 0 amide bonds. The highest BCUT2D eigenvalue weighted by Gasteiger charge is 2.17. The number of hydrogen-bond donors (Lipinski definition) is 1. The summed E-state index contributed by atoms with van der Waals surface area (Å²) in [6.07, 6.45) is 1.33. The van der Waals surface area contributed by atoms with Gasteiger partial charge in [0.2, 0.25) is 0 Å². The molecule has 2 rings (SSSR count). The molecule has 0 saturated heterocycles. The van der Waals surface area contributed by atoms with E-state index in [1.165, 1.54) is 7.11 Å². The van der Waals surface area contributed by atoms with Crippen LogP contribution in [-0.2, 0) is 9.53 Å². The fourth-order valence-electron chi connectivity index (χ4n) is 1.93. The van der Waals surface area contributed by atoms with Crippen molar-refractivity contribution in [2.24, 2.45) is 0 Å². The molecular formula is C14H15NO4. The summed E-state index contributed by atoms with van der Waals surface area (Å²) in [6.45, 7) is 2.44. The Bertz CT molecular complexity index is 615. The lowest BCUT2D eigenvalue weighted by Gasteiger charge is -2.04. The fourth-order valence-corrected chi connectivity index (χ4v) is 1.93.